The Morgan fingerprint density at radius 1 is 1.00 bits per heavy atom. The Morgan fingerprint density at radius 2 is 1.70 bits per heavy atom. The molecule has 3 nitrogen and oxygen atoms in total. The minimum Gasteiger partial charge on any atom is -0.317 e. The zero-order valence-corrected chi connectivity index (χ0v) is 17.9. The van der Waals surface area contributed by atoms with E-state index in [1.54, 1.807) is 11.1 Å². The van der Waals surface area contributed by atoms with Crippen LogP contribution in [-0.4, -0.2) is 54.6 Å². The van der Waals surface area contributed by atoms with Crippen LogP contribution in [0.2, 0.25) is 0 Å². The van der Waals surface area contributed by atoms with E-state index >= 15 is 0 Å². The predicted molar refractivity (Wildman–Crippen MR) is 114 cm³/mol. The van der Waals surface area contributed by atoms with Gasteiger partial charge in [0, 0.05) is 37.8 Å². The standard InChI is InChI=1S/C24H39N3/c1-18(2)21-7-5-6-8-22(21)23-17-26(19(3)4)13-14-27(23)20-15-24(16-20)9-11-25-12-10-24/h5-8,18-20,23,25H,9-17H2,1-4H3/t23-/m0/s1. The molecule has 0 radical (unpaired) electrons. The van der Waals surface area contributed by atoms with Crippen molar-refractivity contribution in [2.24, 2.45) is 5.41 Å². The van der Waals surface area contributed by atoms with E-state index in [1.165, 1.54) is 58.4 Å². The summed E-state index contributed by atoms with van der Waals surface area (Å²) < 4.78 is 0. The average Bonchev–Trinajstić information content (AvgIpc) is 2.66. The van der Waals surface area contributed by atoms with Crippen molar-refractivity contribution in [1.82, 2.24) is 15.1 Å². The van der Waals surface area contributed by atoms with E-state index in [9.17, 15) is 0 Å². The smallest absolute Gasteiger partial charge is 0.0481 e. The second-order valence-corrected chi connectivity index (χ2v) is 9.94. The van der Waals surface area contributed by atoms with E-state index < -0.39 is 0 Å². The lowest BCUT2D eigenvalue weighted by Gasteiger charge is -2.57. The largest absolute Gasteiger partial charge is 0.317 e. The molecule has 1 atom stereocenters. The Hall–Kier alpha value is -0.900. The van der Waals surface area contributed by atoms with E-state index in [2.05, 4.69) is 67.1 Å². The Bertz CT molecular complexity index is 624. The van der Waals surface area contributed by atoms with Crippen LogP contribution in [0, 0.1) is 5.41 Å². The fourth-order valence-electron chi connectivity index (χ4n) is 5.88. The van der Waals surface area contributed by atoms with Crippen molar-refractivity contribution in [1.29, 1.82) is 0 Å². The molecule has 1 aromatic carbocycles. The Morgan fingerprint density at radius 3 is 2.37 bits per heavy atom. The van der Waals surface area contributed by atoms with Crippen LogP contribution >= 0.6 is 0 Å². The topological polar surface area (TPSA) is 18.5 Å². The fraction of sp³-hybridized carbons (Fsp3) is 0.750. The Balaban J connectivity index is 1.57. The highest BCUT2D eigenvalue weighted by Crippen LogP contribution is 2.52. The molecule has 3 fully saturated rings. The molecule has 1 aliphatic carbocycles. The van der Waals surface area contributed by atoms with Crippen molar-refractivity contribution in [2.75, 3.05) is 32.7 Å². The molecule has 1 saturated carbocycles. The van der Waals surface area contributed by atoms with Crippen LogP contribution in [0.25, 0.3) is 0 Å². The highest BCUT2D eigenvalue weighted by Gasteiger charge is 2.49. The fourth-order valence-corrected chi connectivity index (χ4v) is 5.88. The van der Waals surface area contributed by atoms with Gasteiger partial charge in [-0.25, -0.2) is 0 Å². The van der Waals surface area contributed by atoms with Gasteiger partial charge in [0.15, 0.2) is 0 Å². The average molecular weight is 370 g/mol. The van der Waals surface area contributed by atoms with Gasteiger partial charge in [-0.2, -0.15) is 0 Å². The van der Waals surface area contributed by atoms with Crippen LogP contribution in [0.4, 0.5) is 0 Å². The summed E-state index contributed by atoms with van der Waals surface area (Å²) in [6, 6.07) is 11.2. The minimum absolute atomic E-state index is 0.559. The van der Waals surface area contributed by atoms with Gasteiger partial charge >= 0.3 is 0 Å². The van der Waals surface area contributed by atoms with Gasteiger partial charge in [-0.05, 0) is 75.1 Å². The van der Waals surface area contributed by atoms with Crippen molar-refractivity contribution >= 4 is 0 Å². The molecule has 0 aromatic heterocycles. The number of hydrogen-bond donors (Lipinski definition) is 1. The molecule has 2 aliphatic heterocycles. The van der Waals surface area contributed by atoms with Gasteiger partial charge in [0.05, 0.1) is 0 Å². The maximum absolute atomic E-state index is 3.56. The van der Waals surface area contributed by atoms with Crippen LogP contribution in [-0.2, 0) is 0 Å². The molecule has 2 heterocycles. The number of hydrogen-bond acceptors (Lipinski definition) is 3. The van der Waals surface area contributed by atoms with Crippen molar-refractivity contribution in [3.8, 4) is 0 Å². The van der Waals surface area contributed by atoms with Crippen LogP contribution in [0.5, 0.6) is 0 Å². The lowest BCUT2D eigenvalue weighted by molar-refractivity contribution is -0.0677. The van der Waals surface area contributed by atoms with Gasteiger partial charge < -0.3 is 5.32 Å². The number of rotatable bonds is 4. The minimum atomic E-state index is 0.559. The predicted octanol–water partition coefficient (Wildman–Crippen LogP) is 4.41. The molecular formula is C24H39N3. The van der Waals surface area contributed by atoms with E-state index in [1.807, 2.05) is 0 Å². The number of piperidine rings is 1. The van der Waals surface area contributed by atoms with Crippen molar-refractivity contribution in [3.05, 3.63) is 35.4 Å². The second-order valence-electron chi connectivity index (χ2n) is 9.94. The SMILES string of the molecule is CC(C)c1ccccc1[C@@H]1CN(C(C)C)CCN1C1CC2(CCNCC2)C1. The highest BCUT2D eigenvalue weighted by molar-refractivity contribution is 5.33. The Labute approximate surface area is 166 Å². The first-order valence-corrected chi connectivity index (χ1v) is 11.3. The molecule has 0 unspecified atom stereocenters. The Kier molecular flexibility index (Phi) is 5.64. The molecule has 3 heteroatoms. The molecule has 3 aliphatic rings. The molecule has 0 amide bonds. The summed E-state index contributed by atoms with van der Waals surface area (Å²) >= 11 is 0. The van der Waals surface area contributed by atoms with Gasteiger partial charge in [0.2, 0.25) is 0 Å². The zero-order valence-electron chi connectivity index (χ0n) is 17.9. The molecule has 0 bridgehead atoms. The quantitative estimate of drug-likeness (QED) is 0.848. The highest BCUT2D eigenvalue weighted by atomic mass is 15.3. The summed E-state index contributed by atoms with van der Waals surface area (Å²) in [6.07, 6.45) is 5.64. The number of nitrogens with one attached hydrogen (secondary N) is 1. The zero-order chi connectivity index (χ0) is 19.0. The normalized spacial score (nSPS) is 27.4. The molecule has 27 heavy (non-hydrogen) atoms. The third-order valence-electron chi connectivity index (χ3n) is 7.63. The summed E-state index contributed by atoms with van der Waals surface area (Å²) in [5.74, 6) is 0.592. The molecule has 150 valence electrons. The van der Waals surface area contributed by atoms with Crippen LogP contribution in [0.3, 0.4) is 0 Å². The van der Waals surface area contributed by atoms with Gasteiger partial charge in [0.1, 0.15) is 0 Å². The first kappa shape index (κ1) is 19.4. The molecule has 1 aromatic rings. The molecule has 1 N–H and O–H groups in total. The third-order valence-corrected chi connectivity index (χ3v) is 7.63. The van der Waals surface area contributed by atoms with Crippen molar-refractivity contribution in [3.63, 3.8) is 0 Å². The van der Waals surface area contributed by atoms with E-state index in [0.717, 1.165) is 6.04 Å². The molecule has 2 saturated heterocycles. The van der Waals surface area contributed by atoms with Crippen LogP contribution in [0.15, 0.2) is 24.3 Å². The summed E-state index contributed by atoms with van der Waals surface area (Å²) in [7, 11) is 0. The number of nitrogens with zero attached hydrogens (tertiary/aromatic N) is 2. The number of piperazine rings is 1. The molecular weight excluding hydrogens is 330 g/mol. The van der Waals surface area contributed by atoms with Gasteiger partial charge in [-0.15, -0.1) is 0 Å². The maximum atomic E-state index is 3.56. The first-order chi connectivity index (χ1) is 13.0. The lowest BCUT2D eigenvalue weighted by Crippen LogP contribution is -2.60. The van der Waals surface area contributed by atoms with E-state index in [-0.39, 0.29) is 0 Å². The van der Waals surface area contributed by atoms with Gasteiger partial charge in [0.25, 0.3) is 0 Å². The van der Waals surface area contributed by atoms with Gasteiger partial charge in [-0.1, -0.05) is 38.1 Å². The first-order valence-electron chi connectivity index (χ1n) is 11.3. The summed E-state index contributed by atoms with van der Waals surface area (Å²) in [5.41, 5.74) is 3.80. The van der Waals surface area contributed by atoms with Gasteiger partial charge in [-0.3, -0.25) is 9.80 Å². The summed E-state index contributed by atoms with van der Waals surface area (Å²) in [5, 5.41) is 3.56. The lowest BCUT2D eigenvalue weighted by atomic mass is 9.60. The monoisotopic (exact) mass is 369 g/mol. The molecule has 1 spiro atoms. The maximum Gasteiger partial charge on any atom is 0.0481 e. The summed E-state index contributed by atoms with van der Waals surface area (Å²) in [4.78, 5) is 5.59. The van der Waals surface area contributed by atoms with Crippen LogP contribution < -0.4 is 5.32 Å². The van der Waals surface area contributed by atoms with Crippen molar-refractivity contribution < 1.29 is 0 Å². The van der Waals surface area contributed by atoms with Crippen molar-refractivity contribution in [2.45, 2.75) is 77.4 Å². The second kappa shape index (κ2) is 7.85. The van der Waals surface area contributed by atoms with E-state index in [0.29, 0.717) is 23.4 Å². The molecule has 4 rings (SSSR count). The third kappa shape index (κ3) is 3.83. The summed E-state index contributed by atoms with van der Waals surface area (Å²) in [6.45, 7) is 15.5. The van der Waals surface area contributed by atoms with Crippen LogP contribution in [0.1, 0.15) is 76.5 Å². The number of benzene rings is 1. The van der Waals surface area contributed by atoms with E-state index in [4.69, 9.17) is 0 Å².